The Kier molecular flexibility index (Phi) is 1.42. The van der Waals surface area contributed by atoms with E-state index in [0.717, 1.165) is 0 Å². The van der Waals surface area contributed by atoms with E-state index in [-0.39, 0.29) is 18.4 Å². The molecule has 0 saturated carbocycles. The Hall–Kier alpha value is -0.570. The lowest BCUT2D eigenvalue weighted by atomic mass is 9.91. The molecule has 0 bridgehead atoms. The van der Waals surface area contributed by atoms with E-state index in [1.807, 2.05) is 6.92 Å². The third-order valence-corrected chi connectivity index (χ3v) is 2.76. The van der Waals surface area contributed by atoms with Gasteiger partial charge in [-0.15, -0.1) is 0 Å². The van der Waals surface area contributed by atoms with E-state index in [0.29, 0.717) is 18.3 Å². The van der Waals surface area contributed by atoms with Crippen molar-refractivity contribution in [3.05, 3.63) is 0 Å². The number of esters is 1. The van der Waals surface area contributed by atoms with Gasteiger partial charge in [-0.05, 0) is 12.8 Å². The Morgan fingerprint density at radius 1 is 1.45 bits per heavy atom. The number of rotatable bonds is 0. The van der Waals surface area contributed by atoms with Gasteiger partial charge in [-0.1, -0.05) is 6.92 Å². The van der Waals surface area contributed by atoms with Gasteiger partial charge in [-0.3, -0.25) is 4.79 Å². The second-order valence-corrected chi connectivity index (χ2v) is 3.43. The molecular weight excluding hydrogens is 144 g/mol. The zero-order valence-corrected chi connectivity index (χ0v) is 6.74. The average Bonchev–Trinajstić information content (AvgIpc) is 2.37. The highest BCUT2D eigenvalue weighted by Gasteiger charge is 2.47. The molecule has 0 N–H and O–H groups in total. The Bertz CT molecular complexity index is 190. The molecule has 2 heterocycles. The number of carbonyl (C=O) groups is 1. The summed E-state index contributed by atoms with van der Waals surface area (Å²) in [6.45, 7) is 4.13. The molecule has 62 valence electrons. The molecule has 0 spiro atoms. The first-order valence-corrected chi connectivity index (χ1v) is 4.03. The van der Waals surface area contributed by atoms with Gasteiger partial charge in [0.05, 0.1) is 12.5 Å². The summed E-state index contributed by atoms with van der Waals surface area (Å²) >= 11 is 0. The molecule has 0 aromatic rings. The number of carbonyl (C=O) groups excluding carboxylic acids is 1. The first-order chi connectivity index (χ1) is 5.18. The smallest absolute Gasteiger partial charge is 0.308 e. The summed E-state index contributed by atoms with van der Waals surface area (Å²) < 4.78 is 10.4. The number of hydrogen-bond donors (Lipinski definition) is 0. The molecule has 0 radical (unpaired) electrons. The molecule has 0 amide bonds. The van der Waals surface area contributed by atoms with Crippen LogP contribution in [0.3, 0.4) is 0 Å². The van der Waals surface area contributed by atoms with E-state index < -0.39 is 0 Å². The highest BCUT2D eigenvalue weighted by atomic mass is 16.7. The first kappa shape index (κ1) is 7.10. The average molecular weight is 156 g/mol. The van der Waals surface area contributed by atoms with Gasteiger partial charge < -0.3 is 9.47 Å². The van der Waals surface area contributed by atoms with Crippen molar-refractivity contribution in [2.75, 3.05) is 0 Å². The molecule has 0 aromatic heterocycles. The van der Waals surface area contributed by atoms with E-state index in [4.69, 9.17) is 9.47 Å². The Morgan fingerprint density at radius 2 is 2.18 bits per heavy atom. The van der Waals surface area contributed by atoms with Crippen LogP contribution in [0.5, 0.6) is 0 Å². The summed E-state index contributed by atoms with van der Waals surface area (Å²) in [6.07, 6.45) is 0.529. The van der Waals surface area contributed by atoms with Crippen LogP contribution in [0.1, 0.15) is 20.3 Å². The molecule has 2 aliphatic heterocycles. The molecular formula is C8H12O3. The van der Waals surface area contributed by atoms with Crippen molar-refractivity contribution < 1.29 is 14.3 Å². The van der Waals surface area contributed by atoms with E-state index in [9.17, 15) is 4.79 Å². The predicted octanol–water partition coefficient (Wildman–Crippen LogP) is 0.930. The third-order valence-electron chi connectivity index (χ3n) is 2.76. The largest absolute Gasteiger partial charge is 0.435 e. The lowest BCUT2D eigenvalue weighted by molar-refractivity contribution is -0.163. The van der Waals surface area contributed by atoms with Gasteiger partial charge in [0.25, 0.3) is 0 Å². The van der Waals surface area contributed by atoms with Crippen molar-refractivity contribution in [3.63, 3.8) is 0 Å². The molecule has 2 saturated heterocycles. The summed E-state index contributed by atoms with van der Waals surface area (Å²) in [7, 11) is 0. The van der Waals surface area contributed by atoms with Crippen LogP contribution in [0, 0.1) is 11.8 Å². The number of hydrogen-bond acceptors (Lipinski definition) is 3. The van der Waals surface area contributed by atoms with Crippen LogP contribution in [0.2, 0.25) is 0 Å². The maximum absolute atomic E-state index is 10.8. The molecule has 3 heteroatoms. The van der Waals surface area contributed by atoms with Crippen molar-refractivity contribution >= 4 is 5.97 Å². The third kappa shape index (κ3) is 0.948. The second-order valence-electron chi connectivity index (χ2n) is 3.43. The highest BCUT2D eigenvalue weighted by molar-refractivity contribution is 5.72. The fraction of sp³-hybridized carbons (Fsp3) is 0.875. The van der Waals surface area contributed by atoms with Gasteiger partial charge in [0.1, 0.15) is 0 Å². The molecule has 0 unspecified atom stereocenters. The number of fused-ring (bicyclic) bond motifs is 1. The maximum Gasteiger partial charge on any atom is 0.308 e. The standard InChI is InChI=1S/C8H12O3/c1-4-5(2)10-8-6(4)3-7(9)11-8/h4-6,8H,3H2,1-2H3/t4-,5+,6+,8+/m0/s1. The summed E-state index contributed by atoms with van der Waals surface area (Å²) in [5, 5.41) is 0. The minimum absolute atomic E-state index is 0.112. The molecule has 2 rings (SSSR count). The Labute approximate surface area is 65.7 Å². The molecule has 4 atom stereocenters. The maximum atomic E-state index is 10.8. The Balaban J connectivity index is 2.13. The fourth-order valence-corrected chi connectivity index (χ4v) is 1.80. The highest BCUT2D eigenvalue weighted by Crippen LogP contribution is 2.39. The SMILES string of the molecule is C[C@@H]1[C@H]2CC(=O)O[C@H]2O[C@@H]1C. The molecule has 11 heavy (non-hydrogen) atoms. The van der Waals surface area contributed by atoms with Crippen molar-refractivity contribution in [2.24, 2.45) is 11.8 Å². The van der Waals surface area contributed by atoms with Crippen molar-refractivity contribution in [1.82, 2.24) is 0 Å². The zero-order valence-electron chi connectivity index (χ0n) is 6.74. The van der Waals surface area contributed by atoms with Crippen LogP contribution in [0.25, 0.3) is 0 Å². The molecule has 0 aliphatic carbocycles. The number of ether oxygens (including phenoxy) is 2. The van der Waals surface area contributed by atoms with Crippen molar-refractivity contribution in [3.8, 4) is 0 Å². The van der Waals surface area contributed by atoms with Crippen LogP contribution in [0.15, 0.2) is 0 Å². The van der Waals surface area contributed by atoms with Gasteiger partial charge in [0.15, 0.2) is 0 Å². The van der Waals surface area contributed by atoms with Gasteiger partial charge in [-0.25, -0.2) is 0 Å². The second kappa shape index (κ2) is 2.21. The summed E-state index contributed by atoms with van der Waals surface area (Å²) in [6, 6.07) is 0. The van der Waals surface area contributed by atoms with E-state index in [1.165, 1.54) is 0 Å². The van der Waals surface area contributed by atoms with Crippen LogP contribution in [-0.2, 0) is 14.3 Å². The van der Waals surface area contributed by atoms with Crippen LogP contribution < -0.4 is 0 Å². The molecule has 3 nitrogen and oxygen atoms in total. The van der Waals surface area contributed by atoms with Crippen molar-refractivity contribution in [2.45, 2.75) is 32.7 Å². The Morgan fingerprint density at radius 3 is 2.82 bits per heavy atom. The van der Waals surface area contributed by atoms with Crippen LogP contribution in [-0.4, -0.2) is 18.4 Å². The zero-order chi connectivity index (χ0) is 8.01. The lowest BCUT2D eigenvalue weighted by Crippen LogP contribution is -2.14. The molecule has 2 aliphatic rings. The summed E-state index contributed by atoms with van der Waals surface area (Å²) in [5.74, 6) is 0.641. The monoisotopic (exact) mass is 156 g/mol. The van der Waals surface area contributed by atoms with Crippen LogP contribution in [0.4, 0.5) is 0 Å². The normalized spacial score (nSPS) is 49.1. The van der Waals surface area contributed by atoms with Gasteiger partial charge in [0, 0.05) is 5.92 Å². The predicted molar refractivity (Wildman–Crippen MR) is 37.7 cm³/mol. The fourth-order valence-electron chi connectivity index (χ4n) is 1.80. The topological polar surface area (TPSA) is 35.5 Å². The van der Waals surface area contributed by atoms with Gasteiger partial charge in [0.2, 0.25) is 6.29 Å². The van der Waals surface area contributed by atoms with Gasteiger partial charge in [-0.2, -0.15) is 0 Å². The van der Waals surface area contributed by atoms with E-state index in [1.54, 1.807) is 0 Å². The van der Waals surface area contributed by atoms with Gasteiger partial charge >= 0.3 is 5.97 Å². The lowest BCUT2D eigenvalue weighted by Gasteiger charge is -2.09. The minimum Gasteiger partial charge on any atom is -0.435 e. The van der Waals surface area contributed by atoms with Crippen LogP contribution >= 0.6 is 0 Å². The van der Waals surface area contributed by atoms with E-state index in [2.05, 4.69) is 6.92 Å². The quantitative estimate of drug-likeness (QED) is 0.489. The molecule has 2 fully saturated rings. The summed E-state index contributed by atoms with van der Waals surface area (Å²) in [5.41, 5.74) is 0. The van der Waals surface area contributed by atoms with E-state index >= 15 is 0 Å². The summed E-state index contributed by atoms with van der Waals surface area (Å²) in [4.78, 5) is 10.8. The first-order valence-electron chi connectivity index (χ1n) is 4.03. The van der Waals surface area contributed by atoms with Crippen molar-refractivity contribution in [1.29, 1.82) is 0 Å². The minimum atomic E-state index is -0.243. The molecule has 0 aromatic carbocycles.